The number of aromatic nitrogens is 1. The molecule has 2 aliphatic heterocycles. The van der Waals surface area contributed by atoms with Gasteiger partial charge in [-0.25, -0.2) is 9.78 Å². The van der Waals surface area contributed by atoms with E-state index < -0.39 is 5.41 Å². The van der Waals surface area contributed by atoms with Crippen LogP contribution in [-0.4, -0.2) is 42.9 Å². The topological polar surface area (TPSA) is 101 Å². The largest absolute Gasteiger partial charge is 0.457 e. The second-order valence-corrected chi connectivity index (χ2v) is 10.1. The van der Waals surface area contributed by atoms with Crippen LogP contribution in [0.4, 0.5) is 11.4 Å². The molecule has 0 bridgehead atoms. The van der Waals surface area contributed by atoms with E-state index in [2.05, 4.69) is 34.4 Å². The molecule has 0 saturated carbocycles. The van der Waals surface area contributed by atoms with Gasteiger partial charge in [0.1, 0.15) is 17.2 Å². The van der Waals surface area contributed by atoms with Crippen molar-refractivity contribution in [2.24, 2.45) is 0 Å². The van der Waals surface area contributed by atoms with Gasteiger partial charge in [0.25, 0.3) is 5.91 Å². The van der Waals surface area contributed by atoms with E-state index in [9.17, 15) is 14.4 Å². The van der Waals surface area contributed by atoms with E-state index in [1.807, 2.05) is 42.5 Å². The summed E-state index contributed by atoms with van der Waals surface area (Å²) >= 11 is 6.03. The Hall–Kier alpha value is -3.91. The van der Waals surface area contributed by atoms with Crippen molar-refractivity contribution in [2.75, 3.05) is 30.4 Å². The quantitative estimate of drug-likeness (QED) is 0.373. The second-order valence-electron chi connectivity index (χ2n) is 9.68. The number of pyridine rings is 1. The number of esters is 1. The molecule has 8 nitrogen and oxygen atoms in total. The number of carbonyl (C=O) groups excluding carboxylic acids is 3. The summed E-state index contributed by atoms with van der Waals surface area (Å²) in [5.41, 5.74) is 3.91. The first-order chi connectivity index (χ1) is 17.7. The van der Waals surface area contributed by atoms with Gasteiger partial charge in [0.2, 0.25) is 5.91 Å². The SMILES string of the molecule is CNC(=O)c1cc(Cl)ncc1NC(=O)C1(c2ccccc2C(C)C)CN(c2ccc3c(c2)C(=O)OC3)C1. The summed E-state index contributed by atoms with van der Waals surface area (Å²) in [6.45, 7) is 5.27. The molecule has 1 aromatic heterocycles. The molecule has 3 heterocycles. The smallest absolute Gasteiger partial charge is 0.338 e. The predicted molar refractivity (Wildman–Crippen MR) is 141 cm³/mol. The fourth-order valence-electron chi connectivity index (χ4n) is 5.05. The molecule has 1 saturated heterocycles. The van der Waals surface area contributed by atoms with Gasteiger partial charge in [-0.1, -0.05) is 55.8 Å². The Balaban J connectivity index is 1.52. The van der Waals surface area contributed by atoms with Crippen LogP contribution in [0.25, 0.3) is 0 Å². The van der Waals surface area contributed by atoms with Crippen molar-refractivity contribution in [1.29, 1.82) is 0 Å². The third-order valence-corrected chi connectivity index (χ3v) is 7.29. The first-order valence-corrected chi connectivity index (χ1v) is 12.4. The van der Waals surface area contributed by atoms with Crippen LogP contribution in [0.3, 0.4) is 0 Å². The van der Waals surface area contributed by atoms with Gasteiger partial charge in [-0.05, 0) is 35.2 Å². The molecule has 5 rings (SSSR count). The predicted octanol–water partition coefficient (Wildman–Crippen LogP) is 4.29. The number of amides is 2. The number of benzene rings is 2. The number of ether oxygens (including phenoxy) is 1. The summed E-state index contributed by atoms with van der Waals surface area (Å²) < 4.78 is 5.15. The lowest BCUT2D eigenvalue weighted by Gasteiger charge is -2.51. The van der Waals surface area contributed by atoms with E-state index in [0.29, 0.717) is 18.7 Å². The molecule has 0 spiro atoms. The second kappa shape index (κ2) is 9.52. The van der Waals surface area contributed by atoms with Crippen LogP contribution in [0, 0.1) is 0 Å². The van der Waals surface area contributed by atoms with Gasteiger partial charge < -0.3 is 20.3 Å². The monoisotopic (exact) mass is 518 g/mol. The molecule has 3 aromatic rings. The Kier molecular flexibility index (Phi) is 6.37. The number of fused-ring (bicyclic) bond motifs is 1. The zero-order chi connectivity index (χ0) is 26.3. The molecule has 1 fully saturated rings. The minimum absolute atomic E-state index is 0.154. The maximum Gasteiger partial charge on any atom is 0.338 e. The number of anilines is 2. The zero-order valence-corrected chi connectivity index (χ0v) is 21.6. The Labute approximate surface area is 220 Å². The number of hydrogen-bond donors (Lipinski definition) is 2. The lowest BCUT2D eigenvalue weighted by atomic mass is 9.69. The fourth-order valence-corrected chi connectivity index (χ4v) is 5.21. The number of nitrogens with one attached hydrogen (secondary N) is 2. The Morgan fingerprint density at radius 2 is 1.89 bits per heavy atom. The molecule has 0 atom stereocenters. The summed E-state index contributed by atoms with van der Waals surface area (Å²) in [6, 6.07) is 15.0. The van der Waals surface area contributed by atoms with E-state index in [0.717, 1.165) is 22.4 Å². The van der Waals surface area contributed by atoms with E-state index in [4.69, 9.17) is 16.3 Å². The standard InChI is InChI=1S/C28H27ClN4O4/c1-16(2)19-6-4-5-7-22(19)28(27(36)32-23-12-31-24(29)11-21(23)25(34)30-3)14-33(15-28)18-9-8-17-13-37-26(35)20(17)10-18/h4-12,16H,13-15H2,1-3H3,(H,30,34)(H,32,36). The number of rotatable bonds is 6. The summed E-state index contributed by atoms with van der Waals surface area (Å²) in [7, 11) is 1.51. The van der Waals surface area contributed by atoms with Gasteiger partial charge in [0.05, 0.1) is 23.0 Å². The molecule has 37 heavy (non-hydrogen) atoms. The average molecular weight is 519 g/mol. The number of halogens is 1. The average Bonchev–Trinajstić information content (AvgIpc) is 3.24. The highest BCUT2D eigenvalue weighted by Crippen LogP contribution is 2.42. The van der Waals surface area contributed by atoms with Crippen LogP contribution in [0.2, 0.25) is 5.15 Å². The van der Waals surface area contributed by atoms with Crippen molar-refractivity contribution < 1.29 is 19.1 Å². The van der Waals surface area contributed by atoms with E-state index >= 15 is 0 Å². The molecule has 2 aromatic carbocycles. The van der Waals surface area contributed by atoms with Crippen LogP contribution < -0.4 is 15.5 Å². The molecule has 190 valence electrons. The van der Waals surface area contributed by atoms with Crippen molar-refractivity contribution in [3.63, 3.8) is 0 Å². The maximum atomic E-state index is 14.1. The number of cyclic esters (lactones) is 1. The van der Waals surface area contributed by atoms with Crippen LogP contribution in [0.1, 0.15) is 57.2 Å². The van der Waals surface area contributed by atoms with Crippen LogP contribution in [0.15, 0.2) is 54.7 Å². The summed E-state index contributed by atoms with van der Waals surface area (Å²) in [5.74, 6) is -0.755. The van der Waals surface area contributed by atoms with Gasteiger partial charge in [0, 0.05) is 31.4 Å². The Bertz CT molecular complexity index is 1420. The molecule has 0 radical (unpaired) electrons. The lowest BCUT2D eigenvalue weighted by molar-refractivity contribution is -0.122. The minimum atomic E-state index is -0.889. The fraction of sp³-hybridized carbons (Fsp3) is 0.286. The molecular weight excluding hydrogens is 492 g/mol. The third-order valence-electron chi connectivity index (χ3n) is 7.08. The molecule has 0 aliphatic carbocycles. The highest BCUT2D eigenvalue weighted by atomic mass is 35.5. The van der Waals surface area contributed by atoms with Crippen molar-refractivity contribution in [3.8, 4) is 0 Å². The summed E-state index contributed by atoms with van der Waals surface area (Å²) in [4.78, 5) is 44.8. The molecule has 2 aliphatic rings. The van der Waals surface area contributed by atoms with E-state index in [1.54, 1.807) is 0 Å². The van der Waals surface area contributed by atoms with Crippen LogP contribution in [0.5, 0.6) is 0 Å². The van der Waals surface area contributed by atoms with Gasteiger partial charge in [-0.3, -0.25) is 9.59 Å². The zero-order valence-electron chi connectivity index (χ0n) is 20.8. The van der Waals surface area contributed by atoms with Gasteiger partial charge >= 0.3 is 5.97 Å². The highest BCUT2D eigenvalue weighted by molar-refractivity contribution is 6.30. The van der Waals surface area contributed by atoms with Crippen LogP contribution in [-0.2, 0) is 21.6 Å². The summed E-state index contributed by atoms with van der Waals surface area (Å²) in [5, 5.41) is 5.69. The molecular formula is C28H27ClN4O4. The molecule has 2 amide bonds. The van der Waals surface area contributed by atoms with E-state index in [-0.39, 0.29) is 46.7 Å². The minimum Gasteiger partial charge on any atom is -0.457 e. The number of hydrogen-bond acceptors (Lipinski definition) is 6. The molecule has 0 unspecified atom stereocenters. The summed E-state index contributed by atoms with van der Waals surface area (Å²) in [6.07, 6.45) is 1.40. The maximum absolute atomic E-state index is 14.1. The Morgan fingerprint density at radius 1 is 1.14 bits per heavy atom. The highest BCUT2D eigenvalue weighted by Gasteiger charge is 2.52. The van der Waals surface area contributed by atoms with E-state index in [1.165, 1.54) is 19.3 Å². The Morgan fingerprint density at radius 3 is 2.62 bits per heavy atom. The van der Waals surface area contributed by atoms with Gasteiger partial charge in [-0.15, -0.1) is 0 Å². The lowest BCUT2D eigenvalue weighted by Crippen LogP contribution is -2.65. The van der Waals surface area contributed by atoms with Crippen molar-refractivity contribution in [3.05, 3.63) is 87.7 Å². The van der Waals surface area contributed by atoms with Gasteiger partial charge in [-0.2, -0.15) is 0 Å². The molecule has 9 heteroatoms. The number of carbonyl (C=O) groups is 3. The number of nitrogens with zero attached hydrogens (tertiary/aromatic N) is 2. The van der Waals surface area contributed by atoms with Crippen molar-refractivity contribution in [2.45, 2.75) is 31.8 Å². The first kappa shape index (κ1) is 24.8. The first-order valence-electron chi connectivity index (χ1n) is 12.1. The van der Waals surface area contributed by atoms with Crippen LogP contribution >= 0.6 is 11.6 Å². The van der Waals surface area contributed by atoms with Crippen molar-refractivity contribution in [1.82, 2.24) is 10.3 Å². The normalized spacial score (nSPS) is 15.6. The molecule has 2 N–H and O–H groups in total. The third kappa shape index (κ3) is 4.31. The van der Waals surface area contributed by atoms with Gasteiger partial charge in [0.15, 0.2) is 0 Å². The van der Waals surface area contributed by atoms with Crippen molar-refractivity contribution >= 4 is 40.8 Å².